The van der Waals surface area contributed by atoms with Gasteiger partial charge in [0, 0.05) is 19.3 Å². The minimum atomic E-state index is -0.479. The van der Waals surface area contributed by atoms with E-state index in [1.165, 1.54) is 7.05 Å². The fraction of sp³-hybridized carbons (Fsp3) is 0.467. The van der Waals surface area contributed by atoms with Crippen molar-refractivity contribution >= 4 is 29.1 Å². The topological polar surface area (TPSA) is 84.2 Å². The molecule has 4 N–H and O–H groups in total. The number of nitrogens with two attached hydrogens (primary N) is 1. The van der Waals surface area contributed by atoms with Crippen molar-refractivity contribution < 1.29 is 9.59 Å². The second-order valence-corrected chi connectivity index (χ2v) is 5.83. The summed E-state index contributed by atoms with van der Waals surface area (Å²) >= 11 is 5.99. The Hall–Kier alpha value is -1.59. The molecule has 0 atom stereocenters. The van der Waals surface area contributed by atoms with E-state index in [1.54, 1.807) is 18.2 Å². The van der Waals surface area contributed by atoms with Crippen LogP contribution in [0, 0.1) is 5.41 Å². The summed E-state index contributed by atoms with van der Waals surface area (Å²) in [6, 6.07) is 4.87. The SMILES string of the molecule is CNC(=O)c1cc(NC(=O)C2(CN)CCCC2)ccc1Cl. The number of anilines is 1. The van der Waals surface area contributed by atoms with Crippen molar-refractivity contribution in [3.05, 3.63) is 28.8 Å². The van der Waals surface area contributed by atoms with Gasteiger partial charge in [0.1, 0.15) is 0 Å². The molecule has 2 amide bonds. The number of rotatable bonds is 4. The number of carbonyl (C=O) groups is 2. The van der Waals surface area contributed by atoms with Gasteiger partial charge in [0.25, 0.3) is 5.91 Å². The van der Waals surface area contributed by atoms with Crippen molar-refractivity contribution in [3.8, 4) is 0 Å². The summed E-state index contributed by atoms with van der Waals surface area (Å²) in [5.74, 6) is -0.363. The molecular weight excluding hydrogens is 290 g/mol. The second-order valence-electron chi connectivity index (χ2n) is 5.42. The van der Waals surface area contributed by atoms with Crippen molar-refractivity contribution in [1.82, 2.24) is 5.32 Å². The molecule has 5 nitrogen and oxygen atoms in total. The average molecular weight is 310 g/mol. The van der Waals surface area contributed by atoms with Gasteiger partial charge in [-0.05, 0) is 31.0 Å². The summed E-state index contributed by atoms with van der Waals surface area (Å²) < 4.78 is 0. The van der Waals surface area contributed by atoms with Crippen LogP contribution in [0.5, 0.6) is 0 Å². The largest absolute Gasteiger partial charge is 0.355 e. The van der Waals surface area contributed by atoms with Crippen molar-refractivity contribution in [2.24, 2.45) is 11.1 Å². The van der Waals surface area contributed by atoms with E-state index in [4.69, 9.17) is 17.3 Å². The maximum atomic E-state index is 12.5. The van der Waals surface area contributed by atoms with E-state index in [2.05, 4.69) is 10.6 Å². The van der Waals surface area contributed by atoms with Gasteiger partial charge >= 0.3 is 0 Å². The molecule has 0 spiro atoms. The van der Waals surface area contributed by atoms with Crippen LogP contribution in [-0.2, 0) is 4.79 Å². The lowest BCUT2D eigenvalue weighted by atomic mass is 9.85. The summed E-state index contributed by atoms with van der Waals surface area (Å²) in [6.45, 7) is 0.342. The van der Waals surface area contributed by atoms with Crippen LogP contribution in [0.3, 0.4) is 0 Å². The molecule has 1 aliphatic rings. The summed E-state index contributed by atoms with van der Waals surface area (Å²) in [4.78, 5) is 24.2. The Morgan fingerprint density at radius 1 is 1.33 bits per heavy atom. The number of nitrogens with one attached hydrogen (secondary N) is 2. The van der Waals surface area contributed by atoms with Gasteiger partial charge < -0.3 is 16.4 Å². The lowest BCUT2D eigenvalue weighted by molar-refractivity contribution is -0.124. The standard InChI is InChI=1S/C15H20ClN3O2/c1-18-13(20)11-8-10(4-5-12(11)16)19-14(21)15(9-17)6-2-3-7-15/h4-5,8H,2-3,6-7,9,17H2,1H3,(H,18,20)(H,19,21). The average Bonchev–Trinajstić information content (AvgIpc) is 2.98. The van der Waals surface area contributed by atoms with Crippen LogP contribution in [0.15, 0.2) is 18.2 Å². The molecule has 1 aliphatic carbocycles. The van der Waals surface area contributed by atoms with Crippen molar-refractivity contribution in [1.29, 1.82) is 0 Å². The maximum Gasteiger partial charge on any atom is 0.252 e. The van der Waals surface area contributed by atoms with Crippen LogP contribution < -0.4 is 16.4 Å². The maximum absolute atomic E-state index is 12.5. The molecule has 0 heterocycles. The Kier molecular flexibility index (Phi) is 4.85. The molecule has 1 aromatic rings. The van der Waals surface area contributed by atoms with E-state index < -0.39 is 5.41 Å². The first-order chi connectivity index (χ1) is 10.0. The van der Waals surface area contributed by atoms with E-state index in [1.807, 2.05) is 0 Å². The van der Waals surface area contributed by atoms with Gasteiger partial charge in [-0.3, -0.25) is 9.59 Å². The quantitative estimate of drug-likeness (QED) is 0.797. The Bertz CT molecular complexity index is 554. The van der Waals surface area contributed by atoms with Gasteiger partial charge in [0.05, 0.1) is 16.0 Å². The molecule has 1 saturated carbocycles. The number of carbonyl (C=O) groups excluding carboxylic acids is 2. The van der Waals surface area contributed by atoms with E-state index >= 15 is 0 Å². The number of hydrogen-bond acceptors (Lipinski definition) is 3. The molecule has 0 aromatic heterocycles. The van der Waals surface area contributed by atoms with E-state index in [9.17, 15) is 9.59 Å². The Morgan fingerprint density at radius 3 is 2.57 bits per heavy atom. The van der Waals surface area contributed by atoms with Gasteiger partial charge in [0.2, 0.25) is 5.91 Å². The number of amides is 2. The first kappa shape index (κ1) is 15.8. The van der Waals surface area contributed by atoms with E-state index in [0.29, 0.717) is 22.8 Å². The van der Waals surface area contributed by atoms with Crippen LogP contribution >= 0.6 is 11.6 Å². The predicted octanol–water partition coefficient (Wildman–Crippen LogP) is 2.16. The van der Waals surface area contributed by atoms with Gasteiger partial charge in [-0.25, -0.2) is 0 Å². The van der Waals surface area contributed by atoms with Gasteiger partial charge in [-0.1, -0.05) is 24.4 Å². The summed E-state index contributed by atoms with van der Waals surface area (Å²) in [6.07, 6.45) is 3.67. The molecule has 0 radical (unpaired) electrons. The van der Waals surface area contributed by atoms with Gasteiger partial charge in [0.15, 0.2) is 0 Å². The van der Waals surface area contributed by atoms with Crippen molar-refractivity contribution in [2.75, 3.05) is 18.9 Å². The third-order valence-electron chi connectivity index (χ3n) is 4.13. The third kappa shape index (κ3) is 3.19. The second kappa shape index (κ2) is 6.45. The molecule has 114 valence electrons. The van der Waals surface area contributed by atoms with Crippen molar-refractivity contribution in [3.63, 3.8) is 0 Å². The molecule has 21 heavy (non-hydrogen) atoms. The Labute approximate surface area is 129 Å². The lowest BCUT2D eigenvalue weighted by Gasteiger charge is -2.25. The zero-order valence-electron chi connectivity index (χ0n) is 12.0. The fourth-order valence-corrected chi connectivity index (χ4v) is 2.95. The van der Waals surface area contributed by atoms with Crippen LogP contribution in [0.4, 0.5) is 5.69 Å². The first-order valence-corrected chi connectivity index (χ1v) is 7.43. The third-order valence-corrected chi connectivity index (χ3v) is 4.46. The molecule has 1 aromatic carbocycles. The number of halogens is 1. The lowest BCUT2D eigenvalue weighted by Crippen LogP contribution is -2.40. The first-order valence-electron chi connectivity index (χ1n) is 7.05. The molecule has 0 aliphatic heterocycles. The molecular formula is C15H20ClN3O2. The number of benzene rings is 1. The van der Waals surface area contributed by atoms with E-state index in [0.717, 1.165) is 25.7 Å². The molecule has 0 bridgehead atoms. The summed E-state index contributed by atoms with van der Waals surface area (Å²) in [5.41, 5.74) is 6.22. The van der Waals surface area contributed by atoms with Crippen LogP contribution in [0.25, 0.3) is 0 Å². The summed E-state index contributed by atoms with van der Waals surface area (Å²) in [7, 11) is 1.53. The molecule has 0 unspecified atom stereocenters. The highest BCUT2D eigenvalue weighted by Gasteiger charge is 2.39. The zero-order valence-corrected chi connectivity index (χ0v) is 12.8. The zero-order chi connectivity index (χ0) is 15.5. The monoisotopic (exact) mass is 309 g/mol. The highest BCUT2D eigenvalue weighted by Crippen LogP contribution is 2.38. The van der Waals surface area contributed by atoms with Crippen LogP contribution in [0.2, 0.25) is 5.02 Å². The molecule has 0 saturated heterocycles. The number of hydrogen-bond donors (Lipinski definition) is 3. The van der Waals surface area contributed by atoms with E-state index in [-0.39, 0.29) is 11.8 Å². The van der Waals surface area contributed by atoms with Crippen molar-refractivity contribution in [2.45, 2.75) is 25.7 Å². The Balaban J connectivity index is 2.20. The highest BCUT2D eigenvalue weighted by molar-refractivity contribution is 6.34. The van der Waals surface area contributed by atoms with Gasteiger partial charge in [-0.15, -0.1) is 0 Å². The minimum absolute atomic E-state index is 0.0762. The predicted molar refractivity (Wildman–Crippen MR) is 83.4 cm³/mol. The minimum Gasteiger partial charge on any atom is -0.355 e. The molecule has 1 fully saturated rings. The fourth-order valence-electron chi connectivity index (χ4n) is 2.75. The highest BCUT2D eigenvalue weighted by atomic mass is 35.5. The van der Waals surface area contributed by atoms with Crippen LogP contribution in [-0.4, -0.2) is 25.4 Å². The smallest absolute Gasteiger partial charge is 0.252 e. The van der Waals surface area contributed by atoms with Gasteiger partial charge in [-0.2, -0.15) is 0 Å². The molecule has 2 rings (SSSR count). The summed E-state index contributed by atoms with van der Waals surface area (Å²) in [5, 5.41) is 5.73. The normalized spacial score (nSPS) is 16.5. The molecule has 6 heteroatoms. The Morgan fingerprint density at radius 2 is 2.00 bits per heavy atom. The van der Waals surface area contributed by atoms with Crippen LogP contribution in [0.1, 0.15) is 36.0 Å².